The molecule has 6 heteroatoms. The molecule has 0 bridgehead atoms. The molecule has 0 atom stereocenters. The van der Waals surface area contributed by atoms with Crippen molar-refractivity contribution < 1.29 is 13.5 Å². The number of benzene rings is 2. The van der Waals surface area contributed by atoms with Crippen LogP contribution in [0.25, 0.3) is 0 Å². The second-order valence-corrected chi connectivity index (χ2v) is 6.13. The van der Waals surface area contributed by atoms with E-state index in [1.54, 1.807) is 12.1 Å². The lowest BCUT2D eigenvalue weighted by molar-refractivity contribution is 0.477. The van der Waals surface area contributed by atoms with Gasteiger partial charge in [0.05, 0.1) is 22.2 Å². The summed E-state index contributed by atoms with van der Waals surface area (Å²) in [5, 5.41) is 18.6. The van der Waals surface area contributed by atoms with E-state index < -0.39 is 10.0 Å². The van der Waals surface area contributed by atoms with E-state index >= 15 is 0 Å². The first kappa shape index (κ1) is 14.9. The normalized spacial score (nSPS) is 10.9. The number of phenols is 1. The first-order valence-electron chi connectivity index (χ1n) is 6.31. The molecule has 0 aliphatic rings. The third-order valence-corrected chi connectivity index (χ3v) is 4.35. The molecular formula is C15H14N2O3S. The van der Waals surface area contributed by atoms with Gasteiger partial charge >= 0.3 is 0 Å². The van der Waals surface area contributed by atoms with Crippen LogP contribution < -0.4 is 4.72 Å². The molecule has 5 nitrogen and oxygen atoms in total. The first-order valence-corrected chi connectivity index (χ1v) is 7.79. The summed E-state index contributed by atoms with van der Waals surface area (Å²) in [5.41, 5.74) is 1.28. The third kappa shape index (κ3) is 3.33. The number of phenolic OH excluding ortho intramolecular Hbond substituents is 1. The minimum atomic E-state index is -3.85. The van der Waals surface area contributed by atoms with Crippen LogP contribution in [0.1, 0.15) is 18.1 Å². The third-order valence-electron chi connectivity index (χ3n) is 2.99. The molecule has 0 aromatic heterocycles. The Kier molecular flexibility index (Phi) is 4.15. The lowest BCUT2D eigenvalue weighted by atomic mass is 10.1. The summed E-state index contributed by atoms with van der Waals surface area (Å²) in [4.78, 5) is -0.0251. The molecule has 0 aliphatic carbocycles. The highest BCUT2D eigenvalue weighted by atomic mass is 32.2. The molecule has 0 unspecified atom stereocenters. The molecule has 0 heterocycles. The van der Waals surface area contributed by atoms with Crippen molar-refractivity contribution in [3.63, 3.8) is 0 Å². The minimum Gasteiger partial charge on any atom is -0.506 e. The number of aryl methyl sites for hydroxylation is 1. The van der Waals surface area contributed by atoms with Gasteiger partial charge in [-0.1, -0.05) is 19.1 Å². The van der Waals surface area contributed by atoms with Gasteiger partial charge < -0.3 is 5.11 Å². The Bertz CT molecular complexity index is 808. The summed E-state index contributed by atoms with van der Waals surface area (Å²) in [5.74, 6) is -0.146. The van der Waals surface area contributed by atoms with Crippen LogP contribution in [0.5, 0.6) is 5.75 Å². The largest absolute Gasteiger partial charge is 0.506 e. The molecular weight excluding hydrogens is 288 g/mol. The molecule has 2 N–H and O–H groups in total. The van der Waals surface area contributed by atoms with Crippen molar-refractivity contribution in [1.82, 2.24) is 0 Å². The fraction of sp³-hybridized carbons (Fsp3) is 0.133. The van der Waals surface area contributed by atoms with Gasteiger partial charge in [-0.05, 0) is 42.3 Å². The van der Waals surface area contributed by atoms with Gasteiger partial charge in [-0.15, -0.1) is 0 Å². The number of hydrogen-bond acceptors (Lipinski definition) is 4. The summed E-state index contributed by atoms with van der Waals surface area (Å²) in [6.07, 6.45) is 0.721. The van der Waals surface area contributed by atoms with E-state index in [9.17, 15) is 13.5 Å². The van der Waals surface area contributed by atoms with Gasteiger partial charge in [0.1, 0.15) is 5.75 Å². The molecule has 2 rings (SSSR count). The van der Waals surface area contributed by atoms with E-state index in [1.165, 1.54) is 30.3 Å². The second kappa shape index (κ2) is 5.85. The van der Waals surface area contributed by atoms with Crippen molar-refractivity contribution in [2.24, 2.45) is 0 Å². The Balaban J connectivity index is 2.40. The molecule has 0 amide bonds. The van der Waals surface area contributed by atoms with Crippen LogP contribution in [0.2, 0.25) is 0 Å². The molecule has 0 radical (unpaired) electrons. The van der Waals surface area contributed by atoms with E-state index in [-0.39, 0.29) is 21.9 Å². The highest BCUT2D eigenvalue weighted by Gasteiger charge is 2.16. The van der Waals surface area contributed by atoms with Crippen LogP contribution in [-0.2, 0) is 16.4 Å². The first-order chi connectivity index (χ1) is 9.96. The zero-order valence-corrected chi connectivity index (χ0v) is 12.2. The average Bonchev–Trinajstić information content (AvgIpc) is 2.49. The summed E-state index contributed by atoms with van der Waals surface area (Å²) in [7, 11) is -3.85. The molecule has 0 saturated heterocycles. The zero-order chi connectivity index (χ0) is 15.5. The number of nitrogens with one attached hydrogen (secondary N) is 1. The number of nitriles is 1. The molecule has 21 heavy (non-hydrogen) atoms. The summed E-state index contributed by atoms with van der Waals surface area (Å²) >= 11 is 0. The maximum Gasteiger partial charge on any atom is 0.262 e. The van der Waals surface area contributed by atoms with Gasteiger partial charge in [-0.2, -0.15) is 5.26 Å². The fourth-order valence-corrected chi connectivity index (χ4v) is 2.93. The van der Waals surface area contributed by atoms with Crippen LogP contribution in [0.4, 0.5) is 5.69 Å². The number of rotatable bonds is 4. The molecule has 2 aromatic rings. The van der Waals surface area contributed by atoms with E-state index in [0.29, 0.717) is 0 Å². The van der Waals surface area contributed by atoms with E-state index in [0.717, 1.165) is 12.0 Å². The quantitative estimate of drug-likeness (QED) is 0.849. The smallest absolute Gasteiger partial charge is 0.262 e. The summed E-state index contributed by atoms with van der Waals surface area (Å²) < 4.78 is 26.9. The van der Waals surface area contributed by atoms with Gasteiger partial charge in [0.15, 0.2) is 0 Å². The SMILES string of the molecule is CCc1ccc(O)c(NS(=O)(=O)c2cccc(C#N)c2)c1. The number of sulfonamides is 1. The van der Waals surface area contributed by atoms with Crippen LogP contribution in [0.15, 0.2) is 47.4 Å². The van der Waals surface area contributed by atoms with Crippen LogP contribution in [0, 0.1) is 11.3 Å². The maximum atomic E-state index is 12.3. The Morgan fingerprint density at radius 3 is 2.67 bits per heavy atom. The monoisotopic (exact) mass is 302 g/mol. The highest BCUT2D eigenvalue weighted by Crippen LogP contribution is 2.27. The lowest BCUT2D eigenvalue weighted by Gasteiger charge is -2.11. The molecule has 2 aromatic carbocycles. The van der Waals surface area contributed by atoms with Gasteiger partial charge in [0, 0.05) is 0 Å². The van der Waals surface area contributed by atoms with Crippen molar-refractivity contribution in [3.05, 3.63) is 53.6 Å². The van der Waals surface area contributed by atoms with E-state index in [4.69, 9.17) is 5.26 Å². The van der Waals surface area contributed by atoms with Crippen molar-refractivity contribution in [1.29, 1.82) is 5.26 Å². The van der Waals surface area contributed by atoms with Gasteiger partial charge in [-0.25, -0.2) is 8.42 Å². The van der Waals surface area contributed by atoms with E-state index in [1.807, 2.05) is 13.0 Å². The molecule has 108 valence electrons. The van der Waals surface area contributed by atoms with Crippen molar-refractivity contribution in [2.75, 3.05) is 4.72 Å². The topological polar surface area (TPSA) is 90.2 Å². The van der Waals surface area contributed by atoms with E-state index in [2.05, 4.69) is 4.72 Å². The summed E-state index contributed by atoms with van der Waals surface area (Å²) in [6, 6.07) is 12.3. The number of nitrogens with zero attached hydrogens (tertiary/aromatic N) is 1. The molecule has 0 saturated carbocycles. The Morgan fingerprint density at radius 1 is 1.24 bits per heavy atom. The maximum absolute atomic E-state index is 12.3. The Hall–Kier alpha value is -2.52. The number of aromatic hydroxyl groups is 1. The van der Waals surface area contributed by atoms with Gasteiger partial charge in [-0.3, -0.25) is 4.72 Å². The number of hydrogen-bond donors (Lipinski definition) is 2. The van der Waals surface area contributed by atoms with Crippen LogP contribution >= 0.6 is 0 Å². The summed E-state index contributed by atoms with van der Waals surface area (Å²) in [6.45, 7) is 1.93. The predicted molar refractivity (Wildman–Crippen MR) is 79.5 cm³/mol. The molecule has 0 aliphatic heterocycles. The zero-order valence-electron chi connectivity index (χ0n) is 11.4. The Labute approximate surface area is 123 Å². The lowest BCUT2D eigenvalue weighted by Crippen LogP contribution is -2.13. The standard InChI is InChI=1S/C15H14N2O3S/c1-2-11-6-7-15(18)14(9-11)17-21(19,20)13-5-3-4-12(8-13)10-16/h3-9,17-18H,2H2,1H3. The predicted octanol–water partition coefficient (Wildman–Crippen LogP) is 2.63. The fourth-order valence-electron chi connectivity index (χ4n) is 1.82. The van der Waals surface area contributed by atoms with Crippen molar-refractivity contribution >= 4 is 15.7 Å². The minimum absolute atomic E-state index is 0.0251. The van der Waals surface area contributed by atoms with Crippen molar-refractivity contribution in [2.45, 2.75) is 18.2 Å². The molecule has 0 fully saturated rings. The van der Waals surface area contributed by atoms with Gasteiger partial charge in [0.25, 0.3) is 10.0 Å². The van der Waals surface area contributed by atoms with Crippen molar-refractivity contribution in [3.8, 4) is 11.8 Å². The van der Waals surface area contributed by atoms with Gasteiger partial charge in [0.2, 0.25) is 0 Å². The highest BCUT2D eigenvalue weighted by molar-refractivity contribution is 7.92. The second-order valence-electron chi connectivity index (χ2n) is 4.45. The van der Waals surface area contributed by atoms with Crippen LogP contribution in [-0.4, -0.2) is 13.5 Å². The Morgan fingerprint density at radius 2 is 2.00 bits per heavy atom. The molecule has 0 spiro atoms. The number of anilines is 1. The average molecular weight is 302 g/mol. The van der Waals surface area contributed by atoms with Crippen LogP contribution in [0.3, 0.4) is 0 Å².